The molecule has 4 nitrogen and oxygen atoms in total. The average molecular weight is 248 g/mol. The summed E-state index contributed by atoms with van der Waals surface area (Å²) in [6.07, 6.45) is -4.74. The van der Waals surface area contributed by atoms with Gasteiger partial charge in [-0.3, -0.25) is 10.1 Å². The van der Waals surface area contributed by atoms with Gasteiger partial charge < -0.3 is 5.32 Å². The molecule has 0 radical (unpaired) electrons. The molecule has 0 saturated heterocycles. The third-order valence-electron chi connectivity index (χ3n) is 1.95. The molecule has 1 rings (SSSR count). The molecular formula is C10H11F3N2O2. The number of alkyl halides is 3. The van der Waals surface area contributed by atoms with E-state index < -0.39 is 22.4 Å². The Balaban J connectivity index is 3.25. The third-order valence-corrected chi connectivity index (χ3v) is 1.95. The molecule has 0 saturated carbocycles. The summed E-state index contributed by atoms with van der Waals surface area (Å²) in [6.45, 7) is 3.52. The first-order chi connectivity index (χ1) is 7.71. The van der Waals surface area contributed by atoms with Crippen LogP contribution in [0.5, 0.6) is 0 Å². The van der Waals surface area contributed by atoms with Crippen LogP contribution in [-0.2, 0) is 6.18 Å². The van der Waals surface area contributed by atoms with Crippen molar-refractivity contribution in [3.05, 3.63) is 33.9 Å². The SMILES string of the molecule is CC(C)Nc1ccc([N+](=O)[O-])c(C(F)(F)F)c1. The van der Waals surface area contributed by atoms with Crippen LogP contribution in [0, 0.1) is 10.1 Å². The van der Waals surface area contributed by atoms with E-state index in [9.17, 15) is 23.3 Å². The van der Waals surface area contributed by atoms with E-state index in [1.54, 1.807) is 13.8 Å². The summed E-state index contributed by atoms with van der Waals surface area (Å²) in [5.41, 5.74) is -1.97. The number of halogens is 3. The van der Waals surface area contributed by atoms with Crippen LogP contribution in [0.15, 0.2) is 18.2 Å². The molecule has 0 amide bonds. The van der Waals surface area contributed by atoms with Crippen LogP contribution in [0.25, 0.3) is 0 Å². The monoisotopic (exact) mass is 248 g/mol. The molecule has 0 aliphatic heterocycles. The minimum Gasteiger partial charge on any atom is -0.383 e. The van der Waals surface area contributed by atoms with Crippen LogP contribution in [0.4, 0.5) is 24.5 Å². The molecule has 0 aliphatic rings. The smallest absolute Gasteiger partial charge is 0.383 e. The second-order valence-electron chi connectivity index (χ2n) is 3.79. The maximum atomic E-state index is 12.6. The topological polar surface area (TPSA) is 55.2 Å². The molecule has 0 heterocycles. The highest BCUT2D eigenvalue weighted by molar-refractivity contribution is 5.55. The lowest BCUT2D eigenvalue weighted by atomic mass is 10.1. The zero-order chi connectivity index (χ0) is 13.2. The number of nitro benzene ring substituents is 1. The van der Waals surface area contributed by atoms with E-state index >= 15 is 0 Å². The molecule has 7 heteroatoms. The van der Waals surface area contributed by atoms with Crippen molar-refractivity contribution in [2.24, 2.45) is 0 Å². The fourth-order valence-electron chi connectivity index (χ4n) is 1.35. The van der Waals surface area contributed by atoms with Gasteiger partial charge in [0.15, 0.2) is 0 Å². The van der Waals surface area contributed by atoms with Crippen molar-refractivity contribution in [3.63, 3.8) is 0 Å². The Morgan fingerprint density at radius 3 is 2.35 bits per heavy atom. The van der Waals surface area contributed by atoms with Crippen LogP contribution >= 0.6 is 0 Å². The maximum Gasteiger partial charge on any atom is 0.423 e. The lowest BCUT2D eigenvalue weighted by molar-refractivity contribution is -0.388. The van der Waals surface area contributed by atoms with E-state index in [-0.39, 0.29) is 11.7 Å². The normalized spacial score (nSPS) is 11.6. The summed E-state index contributed by atoms with van der Waals surface area (Å²) >= 11 is 0. The highest BCUT2D eigenvalue weighted by Gasteiger charge is 2.38. The van der Waals surface area contributed by atoms with Gasteiger partial charge in [-0.15, -0.1) is 0 Å². The zero-order valence-electron chi connectivity index (χ0n) is 9.21. The van der Waals surface area contributed by atoms with Crippen LogP contribution in [0.2, 0.25) is 0 Å². The predicted octanol–water partition coefficient (Wildman–Crippen LogP) is 3.43. The molecule has 0 spiro atoms. The molecular weight excluding hydrogens is 237 g/mol. The van der Waals surface area contributed by atoms with E-state index in [1.165, 1.54) is 6.07 Å². The fourth-order valence-corrected chi connectivity index (χ4v) is 1.35. The van der Waals surface area contributed by atoms with Gasteiger partial charge in [-0.25, -0.2) is 0 Å². The van der Waals surface area contributed by atoms with Crippen molar-refractivity contribution in [2.45, 2.75) is 26.1 Å². The molecule has 1 N–H and O–H groups in total. The summed E-state index contributed by atoms with van der Waals surface area (Å²) < 4.78 is 37.8. The zero-order valence-corrected chi connectivity index (χ0v) is 9.21. The number of nitrogens with zero attached hydrogens (tertiary/aromatic N) is 1. The third kappa shape index (κ3) is 3.33. The van der Waals surface area contributed by atoms with E-state index in [2.05, 4.69) is 5.32 Å². The lowest BCUT2D eigenvalue weighted by Crippen LogP contribution is -2.13. The van der Waals surface area contributed by atoms with Crippen molar-refractivity contribution in [2.75, 3.05) is 5.32 Å². The Kier molecular flexibility index (Phi) is 3.59. The average Bonchev–Trinajstić information content (AvgIpc) is 2.14. The Morgan fingerprint density at radius 1 is 1.35 bits per heavy atom. The summed E-state index contributed by atoms with van der Waals surface area (Å²) in [5, 5.41) is 13.2. The second kappa shape index (κ2) is 4.60. The van der Waals surface area contributed by atoms with Gasteiger partial charge in [0.2, 0.25) is 0 Å². The van der Waals surface area contributed by atoms with Gasteiger partial charge in [-0.1, -0.05) is 0 Å². The van der Waals surface area contributed by atoms with Crippen LogP contribution in [0.3, 0.4) is 0 Å². The lowest BCUT2D eigenvalue weighted by Gasteiger charge is -2.13. The number of hydrogen-bond donors (Lipinski definition) is 1. The molecule has 0 aliphatic carbocycles. The number of anilines is 1. The largest absolute Gasteiger partial charge is 0.423 e. The number of hydrogen-bond acceptors (Lipinski definition) is 3. The van der Waals surface area contributed by atoms with Gasteiger partial charge in [-0.2, -0.15) is 13.2 Å². The predicted molar refractivity (Wildman–Crippen MR) is 56.9 cm³/mol. The molecule has 0 atom stereocenters. The minimum absolute atomic E-state index is 0.0578. The molecule has 1 aromatic carbocycles. The van der Waals surface area contributed by atoms with Crippen LogP contribution < -0.4 is 5.32 Å². The number of rotatable bonds is 3. The molecule has 1 aromatic rings. The highest BCUT2D eigenvalue weighted by atomic mass is 19.4. The molecule has 0 fully saturated rings. The van der Waals surface area contributed by atoms with E-state index in [0.717, 1.165) is 12.1 Å². The van der Waals surface area contributed by atoms with Crippen molar-refractivity contribution >= 4 is 11.4 Å². The number of nitro groups is 1. The molecule has 17 heavy (non-hydrogen) atoms. The molecule has 0 aromatic heterocycles. The van der Waals surface area contributed by atoms with Crippen molar-refractivity contribution < 1.29 is 18.1 Å². The highest BCUT2D eigenvalue weighted by Crippen LogP contribution is 2.37. The first-order valence-electron chi connectivity index (χ1n) is 4.84. The van der Waals surface area contributed by atoms with Gasteiger partial charge in [0.25, 0.3) is 5.69 Å². The summed E-state index contributed by atoms with van der Waals surface area (Å²) in [4.78, 5) is 9.45. The van der Waals surface area contributed by atoms with Gasteiger partial charge in [-0.05, 0) is 26.0 Å². The fraction of sp³-hybridized carbons (Fsp3) is 0.400. The minimum atomic E-state index is -4.74. The number of benzene rings is 1. The van der Waals surface area contributed by atoms with Crippen molar-refractivity contribution in [3.8, 4) is 0 Å². The van der Waals surface area contributed by atoms with E-state index in [4.69, 9.17) is 0 Å². The van der Waals surface area contributed by atoms with Crippen LogP contribution in [-0.4, -0.2) is 11.0 Å². The standard InChI is InChI=1S/C10H11F3N2O2/c1-6(2)14-7-3-4-9(15(16)17)8(5-7)10(11,12)13/h3-6,14H,1-2H3. The van der Waals surface area contributed by atoms with Crippen molar-refractivity contribution in [1.29, 1.82) is 0 Å². The summed E-state index contributed by atoms with van der Waals surface area (Å²) in [5.74, 6) is 0. The Hall–Kier alpha value is -1.79. The van der Waals surface area contributed by atoms with Gasteiger partial charge in [0.1, 0.15) is 5.56 Å². The van der Waals surface area contributed by atoms with E-state index in [0.29, 0.717) is 0 Å². The quantitative estimate of drug-likeness (QED) is 0.658. The number of nitrogens with one attached hydrogen (secondary N) is 1. The van der Waals surface area contributed by atoms with Crippen LogP contribution in [0.1, 0.15) is 19.4 Å². The first-order valence-corrected chi connectivity index (χ1v) is 4.84. The Labute approximate surface area is 95.6 Å². The van der Waals surface area contributed by atoms with E-state index in [1.807, 2.05) is 0 Å². The molecule has 0 bridgehead atoms. The Bertz CT molecular complexity index is 430. The van der Waals surface area contributed by atoms with Crippen molar-refractivity contribution in [1.82, 2.24) is 0 Å². The Morgan fingerprint density at radius 2 is 1.94 bits per heavy atom. The maximum absolute atomic E-state index is 12.6. The second-order valence-corrected chi connectivity index (χ2v) is 3.79. The molecule has 0 unspecified atom stereocenters. The van der Waals surface area contributed by atoms with Gasteiger partial charge in [0, 0.05) is 17.8 Å². The summed E-state index contributed by atoms with van der Waals surface area (Å²) in [6, 6.07) is 2.80. The van der Waals surface area contributed by atoms with Gasteiger partial charge in [0.05, 0.1) is 4.92 Å². The summed E-state index contributed by atoms with van der Waals surface area (Å²) in [7, 11) is 0. The first kappa shape index (κ1) is 13.3. The van der Waals surface area contributed by atoms with Gasteiger partial charge >= 0.3 is 6.18 Å². The molecule has 94 valence electrons.